The number of nitrogens with one attached hydrogen (secondary N) is 1. The maximum absolute atomic E-state index is 11.6. The molecule has 0 bridgehead atoms. The van der Waals surface area contributed by atoms with E-state index in [0.717, 1.165) is 42.7 Å². The van der Waals surface area contributed by atoms with Crippen molar-refractivity contribution in [2.24, 2.45) is 5.10 Å². The minimum atomic E-state index is -0.0158. The Morgan fingerprint density at radius 1 is 1.20 bits per heavy atom. The monoisotopic (exact) mass is 276 g/mol. The number of nitrogens with zero attached hydrogens (tertiary/aromatic N) is 1. The minimum absolute atomic E-state index is 0.0158. The number of methoxy groups -OCH3 is 1. The maximum Gasteiger partial charge on any atom is 0.240 e. The zero-order valence-corrected chi connectivity index (χ0v) is 12.6. The summed E-state index contributed by atoms with van der Waals surface area (Å²) in [5, 5.41) is 4.22. The second-order valence-electron chi connectivity index (χ2n) is 4.63. The van der Waals surface area contributed by atoms with Crippen LogP contribution in [0.5, 0.6) is 5.75 Å². The zero-order chi connectivity index (χ0) is 14.8. The molecule has 0 heterocycles. The van der Waals surface area contributed by atoms with Crippen LogP contribution in [0.3, 0.4) is 0 Å². The van der Waals surface area contributed by atoms with Gasteiger partial charge in [-0.05, 0) is 42.7 Å². The smallest absolute Gasteiger partial charge is 0.240 e. The van der Waals surface area contributed by atoms with Gasteiger partial charge < -0.3 is 4.74 Å². The van der Waals surface area contributed by atoms with Gasteiger partial charge in [0.25, 0.3) is 0 Å². The highest BCUT2D eigenvalue weighted by molar-refractivity contribution is 6.00. The zero-order valence-electron chi connectivity index (χ0n) is 12.6. The first-order valence-electron chi connectivity index (χ1n) is 7.21. The summed E-state index contributed by atoms with van der Waals surface area (Å²) < 4.78 is 5.13. The Balaban J connectivity index is 2.59. The maximum atomic E-state index is 11.6. The van der Waals surface area contributed by atoms with Crippen molar-refractivity contribution < 1.29 is 9.53 Å². The summed E-state index contributed by atoms with van der Waals surface area (Å²) in [7, 11) is 1.64. The van der Waals surface area contributed by atoms with Gasteiger partial charge in [0.05, 0.1) is 12.8 Å². The summed E-state index contributed by atoms with van der Waals surface area (Å²) >= 11 is 0. The van der Waals surface area contributed by atoms with Gasteiger partial charge in [-0.25, -0.2) is 5.43 Å². The van der Waals surface area contributed by atoms with Crippen molar-refractivity contribution in [1.82, 2.24) is 5.43 Å². The van der Waals surface area contributed by atoms with Crippen LogP contribution in [0.4, 0.5) is 0 Å². The average Bonchev–Trinajstić information content (AvgIpc) is 2.49. The molecule has 0 atom stereocenters. The van der Waals surface area contributed by atoms with Crippen LogP contribution < -0.4 is 10.2 Å². The SMILES string of the molecule is CCCCCC(=O)NN=C(CC)c1ccc(OC)cc1. The van der Waals surface area contributed by atoms with Crippen LogP contribution in [0.25, 0.3) is 0 Å². The Kier molecular flexibility index (Phi) is 7.40. The van der Waals surface area contributed by atoms with E-state index in [-0.39, 0.29) is 5.91 Å². The molecule has 0 aromatic heterocycles. The number of ether oxygens (including phenoxy) is 1. The Bertz CT molecular complexity index is 438. The molecule has 0 saturated carbocycles. The summed E-state index contributed by atoms with van der Waals surface area (Å²) in [4.78, 5) is 11.6. The van der Waals surface area contributed by atoms with Crippen LogP contribution in [0.2, 0.25) is 0 Å². The standard InChI is InChI=1S/C16H24N2O2/c1-4-6-7-8-16(19)18-17-15(5-2)13-9-11-14(20-3)12-10-13/h9-12H,4-8H2,1-3H3,(H,18,19). The fourth-order valence-corrected chi connectivity index (χ4v) is 1.85. The summed E-state index contributed by atoms with van der Waals surface area (Å²) in [5.74, 6) is 0.797. The first kappa shape index (κ1) is 16.2. The Morgan fingerprint density at radius 3 is 2.45 bits per heavy atom. The number of carbonyl (C=O) groups is 1. The van der Waals surface area contributed by atoms with Gasteiger partial charge in [-0.1, -0.05) is 26.7 Å². The van der Waals surface area contributed by atoms with E-state index in [1.54, 1.807) is 7.11 Å². The molecule has 110 valence electrons. The van der Waals surface area contributed by atoms with E-state index in [1.165, 1.54) is 0 Å². The average molecular weight is 276 g/mol. The van der Waals surface area contributed by atoms with Gasteiger partial charge in [0.1, 0.15) is 5.75 Å². The molecule has 1 amide bonds. The van der Waals surface area contributed by atoms with Crippen molar-refractivity contribution in [3.8, 4) is 5.75 Å². The number of hydrazone groups is 1. The molecule has 4 heteroatoms. The van der Waals surface area contributed by atoms with Crippen molar-refractivity contribution >= 4 is 11.6 Å². The van der Waals surface area contributed by atoms with E-state index in [9.17, 15) is 4.79 Å². The number of unbranched alkanes of at least 4 members (excludes halogenated alkanes) is 2. The highest BCUT2D eigenvalue weighted by atomic mass is 16.5. The van der Waals surface area contributed by atoms with Gasteiger partial charge >= 0.3 is 0 Å². The molecule has 0 fully saturated rings. The van der Waals surface area contributed by atoms with Gasteiger partial charge in [-0.2, -0.15) is 5.10 Å². The van der Waals surface area contributed by atoms with Gasteiger partial charge in [-0.3, -0.25) is 4.79 Å². The van der Waals surface area contributed by atoms with Crippen LogP contribution in [0.1, 0.15) is 51.5 Å². The number of rotatable bonds is 8. The molecule has 0 aliphatic carbocycles. The predicted octanol–water partition coefficient (Wildman–Crippen LogP) is 3.51. The molecular formula is C16H24N2O2. The molecule has 1 rings (SSSR count). The van der Waals surface area contributed by atoms with Gasteiger partial charge in [-0.15, -0.1) is 0 Å². The van der Waals surface area contributed by atoms with E-state index in [1.807, 2.05) is 31.2 Å². The van der Waals surface area contributed by atoms with E-state index in [0.29, 0.717) is 6.42 Å². The van der Waals surface area contributed by atoms with Crippen molar-refractivity contribution in [2.45, 2.75) is 46.0 Å². The van der Waals surface area contributed by atoms with Crippen LogP contribution >= 0.6 is 0 Å². The molecule has 0 aliphatic heterocycles. The molecule has 1 aromatic carbocycles. The molecule has 4 nitrogen and oxygen atoms in total. The molecule has 0 saturated heterocycles. The Hall–Kier alpha value is -1.84. The molecule has 0 aliphatic rings. The number of benzene rings is 1. The van der Waals surface area contributed by atoms with Crippen LogP contribution in [0, 0.1) is 0 Å². The molecule has 1 N–H and O–H groups in total. The van der Waals surface area contributed by atoms with Gasteiger partial charge in [0.2, 0.25) is 5.91 Å². The summed E-state index contributed by atoms with van der Waals surface area (Å²) in [6.45, 7) is 4.14. The molecule has 0 unspecified atom stereocenters. The third kappa shape index (κ3) is 5.43. The largest absolute Gasteiger partial charge is 0.497 e. The fourth-order valence-electron chi connectivity index (χ4n) is 1.85. The second-order valence-corrected chi connectivity index (χ2v) is 4.63. The highest BCUT2D eigenvalue weighted by Crippen LogP contribution is 2.13. The van der Waals surface area contributed by atoms with Crippen molar-refractivity contribution in [3.63, 3.8) is 0 Å². The Labute approximate surface area is 121 Å². The Morgan fingerprint density at radius 2 is 1.90 bits per heavy atom. The lowest BCUT2D eigenvalue weighted by Crippen LogP contribution is -2.19. The molecule has 0 radical (unpaired) electrons. The fraction of sp³-hybridized carbons (Fsp3) is 0.500. The lowest BCUT2D eigenvalue weighted by molar-refractivity contribution is -0.121. The number of hydrogen-bond acceptors (Lipinski definition) is 3. The van der Waals surface area contributed by atoms with Gasteiger partial charge in [0.15, 0.2) is 0 Å². The number of amides is 1. The van der Waals surface area contributed by atoms with E-state index in [2.05, 4.69) is 17.5 Å². The lowest BCUT2D eigenvalue weighted by atomic mass is 10.1. The first-order chi connectivity index (χ1) is 9.71. The highest BCUT2D eigenvalue weighted by Gasteiger charge is 2.04. The van der Waals surface area contributed by atoms with Crippen LogP contribution in [0.15, 0.2) is 29.4 Å². The van der Waals surface area contributed by atoms with Crippen molar-refractivity contribution in [1.29, 1.82) is 0 Å². The molecule has 0 spiro atoms. The van der Waals surface area contributed by atoms with E-state index < -0.39 is 0 Å². The lowest BCUT2D eigenvalue weighted by Gasteiger charge is -2.06. The quantitative estimate of drug-likeness (QED) is 0.449. The second kappa shape index (κ2) is 9.13. The van der Waals surface area contributed by atoms with Crippen LogP contribution in [-0.2, 0) is 4.79 Å². The van der Waals surface area contributed by atoms with Crippen molar-refractivity contribution in [3.05, 3.63) is 29.8 Å². The summed E-state index contributed by atoms with van der Waals surface area (Å²) in [6.07, 6.45) is 4.42. The van der Waals surface area contributed by atoms with Crippen molar-refractivity contribution in [2.75, 3.05) is 7.11 Å². The molecular weight excluding hydrogens is 252 g/mol. The van der Waals surface area contributed by atoms with E-state index in [4.69, 9.17) is 4.74 Å². The number of carbonyl (C=O) groups excluding carboxylic acids is 1. The summed E-state index contributed by atoms with van der Waals surface area (Å²) in [6, 6.07) is 7.68. The first-order valence-corrected chi connectivity index (χ1v) is 7.21. The normalized spacial score (nSPS) is 11.2. The number of hydrogen-bond donors (Lipinski definition) is 1. The summed E-state index contributed by atoms with van der Waals surface area (Å²) in [5.41, 5.74) is 4.51. The molecule has 20 heavy (non-hydrogen) atoms. The van der Waals surface area contributed by atoms with Crippen LogP contribution in [-0.4, -0.2) is 18.7 Å². The topological polar surface area (TPSA) is 50.7 Å². The third-order valence-electron chi connectivity index (χ3n) is 3.08. The minimum Gasteiger partial charge on any atom is -0.497 e. The predicted molar refractivity (Wildman–Crippen MR) is 82.1 cm³/mol. The van der Waals surface area contributed by atoms with E-state index >= 15 is 0 Å². The van der Waals surface area contributed by atoms with Gasteiger partial charge in [0, 0.05) is 6.42 Å². The molecule has 1 aromatic rings. The third-order valence-corrected chi connectivity index (χ3v) is 3.08.